The zero-order chi connectivity index (χ0) is 48.4. The number of fused-ring (bicyclic) bond motifs is 2. The number of ether oxygens (including phenoxy) is 4. The molecule has 0 bridgehead atoms. The van der Waals surface area contributed by atoms with E-state index in [2.05, 4.69) is 30.2 Å². The number of aromatic carboxylic acids is 1. The highest BCUT2D eigenvalue weighted by Crippen LogP contribution is 2.47. The van der Waals surface area contributed by atoms with Crippen molar-refractivity contribution >= 4 is 39.0 Å². The summed E-state index contributed by atoms with van der Waals surface area (Å²) in [6.07, 6.45) is 5.16. The van der Waals surface area contributed by atoms with E-state index in [1.165, 1.54) is 23.5 Å². The summed E-state index contributed by atoms with van der Waals surface area (Å²) in [6, 6.07) is 24.0. The van der Waals surface area contributed by atoms with Gasteiger partial charge in [-0.25, -0.2) is 13.2 Å². The Morgan fingerprint density at radius 1 is 0.971 bits per heavy atom. The molecule has 8 rings (SSSR count). The van der Waals surface area contributed by atoms with Crippen LogP contribution in [0.3, 0.4) is 0 Å². The summed E-state index contributed by atoms with van der Waals surface area (Å²) in [5, 5.41) is 26.2. The third-order valence-corrected chi connectivity index (χ3v) is 16.8. The van der Waals surface area contributed by atoms with Crippen LogP contribution in [0.25, 0.3) is 21.6 Å². The van der Waals surface area contributed by atoms with Gasteiger partial charge in [0.2, 0.25) is 10.0 Å². The summed E-state index contributed by atoms with van der Waals surface area (Å²) in [7, 11) is -2.53. The quantitative estimate of drug-likeness (QED) is 0.0671. The van der Waals surface area contributed by atoms with Gasteiger partial charge in [0, 0.05) is 53.4 Å². The van der Waals surface area contributed by atoms with Crippen molar-refractivity contribution in [3.8, 4) is 27.3 Å². The van der Waals surface area contributed by atoms with E-state index in [1.54, 1.807) is 35.9 Å². The molecule has 5 aromatic rings. The van der Waals surface area contributed by atoms with E-state index >= 15 is 0 Å². The van der Waals surface area contributed by atoms with Crippen molar-refractivity contribution in [2.24, 2.45) is 23.2 Å². The molecule has 0 saturated carbocycles. The van der Waals surface area contributed by atoms with Crippen LogP contribution in [0, 0.1) is 23.2 Å². The number of aliphatic hydroxyl groups excluding tert-OH is 1. The summed E-state index contributed by atoms with van der Waals surface area (Å²) in [5.74, 6) is -2.57. The maximum Gasteiger partial charge on any atom is 0.337 e. The third kappa shape index (κ3) is 11.0. The summed E-state index contributed by atoms with van der Waals surface area (Å²) >= 11 is 1.59. The molecule has 15 heteroatoms. The van der Waals surface area contributed by atoms with Crippen molar-refractivity contribution in [2.45, 2.75) is 103 Å². The normalized spacial score (nSPS) is 20.7. The van der Waals surface area contributed by atoms with Gasteiger partial charge in [-0.3, -0.25) is 9.78 Å². The number of carbonyl (C=O) groups is 2. The van der Waals surface area contributed by atoms with Crippen LogP contribution in [-0.2, 0) is 54.8 Å². The number of sulfonamides is 1. The maximum atomic E-state index is 14.1. The summed E-state index contributed by atoms with van der Waals surface area (Å²) in [4.78, 5) is 32.9. The number of thiophene rings is 1. The number of anilines is 1. The van der Waals surface area contributed by atoms with E-state index < -0.39 is 45.9 Å². The molecule has 0 unspecified atom stereocenters. The van der Waals surface area contributed by atoms with Crippen molar-refractivity contribution in [3.05, 3.63) is 118 Å². The first-order chi connectivity index (χ1) is 32.4. The van der Waals surface area contributed by atoms with Gasteiger partial charge in [-0.1, -0.05) is 52.0 Å². The van der Waals surface area contributed by atoms with Gasteiger partial charge in [0.05, 0.1) is 49.2 Å². The molecule has 2 aliphatic heterocycles. The van der Waals surface area contributed by atoms with Gasteiger partial charge in [-0.15, -0.1) is 11.3 Å². The first-order valence-corrected chi connectivity index (χ1v) is 25.7. The Labute approximate surface area is 403 Å². The Hall–Kier alpha value is -5.16. The average molecular weight is 966 g/mol. The number of methoxy groups -OCH3 is 1. The molecule has 2 saturated heterocycles. The van der Waals surface area contributed by atoms with E-state index in [9.17, 15) is 28.2 Å². The molecule has 0 spiro atoms. The second-order valence-corrected chi connectivity index (χ2v) is 22.8. The van der Waals surface area contributed by atoms with E-state index in [0.717, 1.165) is 68.1 Å². The number of pyridine rings is 1. The van der Waals surface area contributed by atoms with Crippen LogP contribution in [-0.4, -0.2) is 91.3 Å². The number of carbonyl (C=O) groups excluding carboxylic acids is 1. The van der Waals surface area contributed by atoms with Crippen molar-refractivity contribution in [3.63, 3.8) is 0 Å². The number of rotatable bonds is 19. The molecule has 68 heavy (non-hydrogen) atoms. The van der Waals surface area contributed by atoms with Crippen LogP contribution in [0.5, 0.6) is 5.75 Å². The van der Waals surface area contributed by atoms with E-state index in [-0.39, 0.29) is 54.7 Å². The lowest BCUT2D eigenvalue weighted by molar-refractivity contribution is -0.181. The van der Waals surface area contributed by atoms with Crippen LogP contribution in [0.2, 0.25) is 0 Å². The van der Waals surface area contributed by atoms with Crippen LogP contribution in [0.4, 0.5) is 5.69 Å². The van der Waals surface area contributed by atoms with Gasteiger partial charge in [-0.2, -0.15) is 4.31 Å². The van der Waals surface area contributed by atoms with Gasteiger partial charge in [0.15, 0.2) is 5.79 Å². The minimum atomic E-state index is -4.04. The standard InChI is InChI=1S/C53H63N3O10S2/c1-33(2)30-56(68(61,62)41-14-12-40(63-6)13-15-41)31-45(57)37(27-48(58)66-46-32-65-53(5)44(46)20-24-64-53)25-34-7-10-39(11-8-34)55-29-38-26-36(35-18-22-54-23-19-35)9-16-42(38)50-49(51(59)60)43-28-52(3,4)21-17-47(43)67-50/h7-16,18-19,22-23,26,33,37,44-46,55,57H,17,20-21,24-25,27-32H2,1-6H3,(H,59,60)/t37-,44+,45-,46+,53-/m1/s1. The highest BCUT2D eigenvalue weighted by atomic mass is 32.2. The topological polar surface area (TPSA) is 174 Å². The summed E-state index contributed by atoms with van der Waals surface area (Å²) in [5.41, 5.74) is 6.81. The molecule has 2 aromatic heterocycles. The Morgan fingerprint density at radius 2 is 1.71 bits per heavy atom. The van der Waals surface area contributed by atoms with Gasteiger partial charge in [0.1, 0.15) is 11.9 Å². The Balaban J connectivity index is 1.04. The van der Waals surface area contributed by atoms with Gasteiger partial charge < -0.3 is 34.5 Å². The zero-order valence-corrected chi connectivity index (χ0v) is 41.3. The highest BCUT2D eigenvalue weighted by Gasteiger charge is 2.53. The Bertz CT molecular complexity index is 2690. The summed E-state index contributed by atoms with van der Waals surface area (Å²) < 4.78 is 52.5. The lowest BCUT2D eigenvalue weighted by Crippen LogP contribution is -2.43. The van der Waals surface area contributed by atoms with E-state index in [0.29, 0.717) is 30.9 Å². The van der Waals surface area contributed by atoms with Crippen LogP contribution < -0.4 is 10.1 Å². The molecular weight excluding hydrogens is 903 g/mol. The molecule has 3 aromatic carbocycles. The predicted molar refractivity (Wildman–Crippen MR) is 262 cm³/mol. The number of benzene rings is 3. The van der Waals surface area contributed by atoms with Crippen molar-refractivity contribution in [2.75, 3.05) is 38.7 Å². The number of aromatic nitrogens is 1. The van der Waals surface area contributed by atoms with Crippen LogP contribution in [0.15, 0.2) is 96.2 Å². The molecule has 0 amide bonds. The minimum absolute atomic E-state index is 0.0177. The van der Waals surface area contributed by atoms with Crippen molar-refractivity contribution in [1.29, 1.82) is 0 Å². The maximum absolute atomic E-state index is 14.1. The van der Waals surface area contributed by atoms with Gasteiger partial charge >= 0.3 is 11.9 Å². The SMILES string of the molecule is COc1ccc(S(=O)(=O)N(CC(C)C)C[C@@H](O)[C@@H](CC(=O)O[C@H]2CO[C@@]3(C)OCC[C@@H]23)Cc2ccc(NCc3cc(-c4ccncc4)ccc3-c3sc4c(c3C(=O)O)CC(C)(C)CC4)cc2)cc1. The number of nitrogens with one attached hydrogen (secondary N) is 1. The van der Waals surface area contributed by atoms with Crippen molar-refractivity contribution < 1.29 is 47.2 Å². The zero-order valence-electron chi connectivity index (χ0n) is 39.7. The molecule has 2 fully saturated rings. The minimum Gasteiger partial charge on any atom is -0.497 e. The Morgan fingerprint density at radius 3 is 2.40 bits per heavy atom. The lowest BCUT2D eigenvalue weighted by atomic mass is 9.76. The van der Waals surface area contributed by atoms with E-state index in [4.69, 9.17) is 18.9 Å². The Kier molecular flexibility index (Phi) is 14.8. The number of nitrogens with zero attached hydrogens (tertiary/aromatic N) is 2. The number of aryl methyl sites for hydroxylation is 1. The fourth-order valence-corrected chi connectivity index (χ4v) is 12.9. The fourth-order valence-electron chi connectivity index (χ4n) is 9.90. The molecule has 5 atom stereocenters. The first-order valence-electron chi connectivity index (χ1n) is 23.5. The first kappa shape index (κ1) is 49.3. The van der Waals surface area contributed by atoms with Gasteiger partial charge in [0.25, 0.3) is 0 Å². The molecule has 1 aliphatic carbocycles. The molecule has 362 valence electrons. The second kappa shape index (κ2) is 20.4. The van der Waals surface area contributed by atoms with Gasteiger partial charge in [-0.05, 0) is 138 Å². The molecule has 0 radical (unpaired) electrons. The van der Waals surface area contributed by atoms with E-state index in [1.807, 2.05) is 69.3 Å². The van der Waals surface area contributed by atoms with Crippen LogP contribution in [0.1, 0.15) is 85.8 Å². The number of hydrogen-bond acceptors (Lipinski definition) is 12. The number of hydrogen-bond donors (Lipinski definition) is 3. The molecule has 13 nitrogen and oxygen atoms in total. The van der Waals surface area contributed by atoms with Crippen LogP contribution >= 0.6 is 11.3 Å². The second-order valence-electron chi connectivity index (χ2n) is 19.7. The highest BCUT2D eigenvalue weighted by molar-refractivity contribution is 7.89. The molecule has 3 N–H and O–H groups in total. The number of aliphatic hydroxyl groups is 1. The fraction of sp³-hybridized carbons (Fsp3) is 0.453. The lowest BCUT2D eigenvalue weighted by Gasteiger charge is -2.30. The average Bonchev–Trinajstić information content (AvgIpc) is 3.98. The summed E-state index contributed by atoms with van der Waals surface area (Å²) in [6.45, 7) is 11.1. The third-order valence-electron chi connectivity index (χ3n) is 13.7. The van der Waals surface area contributed by atoms with Crippen molar-refractivity contribution in [1.82, 2.24) is 9.29 Å². The number of carboxylic acid groups (broad SMARTS) is 1. The molecule has 4 heterocycles. The molecule has 3 aliphatic rings. The smallest absolute Gasteiger partial charge is 0.337 e. The largest absolute Gasteiger partial charge is 0.497 e. The number of carboxylic acids is 1. The molecular formula is C53H63N3O10S2. The predicted octanol–water partition coefficient (Wildman–Crippen LogP) is 9.26. The number of esters is 1. The monoisotopic (exact) mass is 965 g/mol.